The topological polar surface area (TPSA) is 66.5 Å². The highest BCUT2D eigenvalue weighted by Crippen LogP contribution is 2.25. The van der Waals surface area contributed by atoms with Crippen molar-refractivity contribution in [1.82, 2.24) is 5.32 Å². The summed E-state index contributed by atoms with van der Waals surface area (Å²) in [5.41, 5.74) is 4.41. The Morgan fingerprint density at radius 2 is 1.89 bits per heavy atom. The molecule has 2 aromatic rings. The number of carbonyl (C=O) groups is 1. The Hall–Kier alpha value is -2.34. The van der Waals surface area contributed by atoms with E-state index in [1.165, 1.54) is 9.87 Å². The lowest BCUT2D eigenvalue weighted by Gasteiger charge is -2.28. The summed E-state index contributed by atoms with van der Waals surface area (Å²) in [6.07, 6.45) is 1.52. The molecule has 1 atom stereocenters. The molecule has 1 fully saturated rings. The SMILES string of the molecule is Cc1ccc([C@@H](C)NC(=O)c2cccc(N3CCCCS3(=O)=O)c2)c(C)c1. The molecular weight excluding hydrogens is 360 g/mol. The van der Waals surface area contributed by atoms with Gasteiger partial charge in [0.1, 0.15) is 0 Å². The molecule has 144 valence electrons. The lowest BCUT2D eigenvalue weighted by atomic mass is 10.00. The molecule has 0 saturated carbocycles. The maximum absolute atomic E-state index is 12.7. The van der Waals surface area contributed by atoms with E-state index in [2.05, 4.69) is 11.4 Å². The van der Waals surface area contributed by atoms with Crippen molar-refractivity contribution in [2.24, 2.45) is 0 Å². The van der Waals surface area contributed by atoms with Gasteiger partial charge in [-0.25, -0.2) is 8.42 Å². The third-order valence-corrected chi connectivity index (χ3v) is 6.85. The lowest BCUT2D eigenvalue weighted by Crippen LogP contribution is -2.38. The van der Waals surface area contributed by atoms with Crippen LogP contribution >= 0.6 is 0 Å². The van der Waals surface area contributed by atoms with E-state index in [0.29, 0.717) is 24.2 Å². The molecule has 0 unspecified atom stereocenters. The van der Waals surface area contributed by atoms with Crippen LogP contribution in [0.3, 0.4) is 0 Å². The van der Waals surface area contributed by atoms with Crippen LogP contribution in [0.2, 0.25) is 0 Å². The summed E-state index contributed by atoms with van der Waals surface area (Å²) in [7, 11) is -3.29. The van der Waals surface area contributed by atoms with Gasteiger partial charge in [0.15, 0.2) is 0 Å². The molecule has 1 aliphatic rings. The van der Waals surface area contributed by atoms with Crippen molar-refractivity contribution in [1.29, 1.82) is 0 Å². The van der Waals surface area contributed by atoms with Gasteiger partial charge in [0.2, 0.25) is 10.0 Å². The van der Waals surface area contributed by atoms with Gasteiger partial charge < -0.3 is 5.32 Å². The minimum Gasteiger partial charge on any atom is -0.346 e. The van der Waals surface area contributed by atoms with E-state index in [0.717, 1.165) is 17.5 Å². The Balaban J connectivity index is 1.79. The number of amides is 1. The highest BCUT2D eigenvalue weighted by Gasteiger charge is 2.26. The fraction of sp³-hybridized carbons (Fsp3) is 0.381. The predicted octanol–water partition coefficient (Wildman–Crippen LogP) is 3.72. The second kappa shape index (κ2) is 7.72. The van der Waals surface area contributed by atoms with Gasteiger partial charge >= 0.3 is 0 Å². The normalized spacial score (nSPS) is 17.4. The Labute approximate surface area is 161 Å². The van der Waals surface area contributed by atoms with Crippen LogP contribution in [-0.4, -0.2) is 26.6 Å². The van der Waals surface area contributed by atoms with E-state index in [4.69, 9.17) is 0 Å². The highest BCUT2D eigenvalue weighted by atomic mass is 32.2. The van der Waals surface area contributed by atoms with Crippen molar-refractivity contribution < 1.29 is 13.2 Å². The summed E-state index contributed by atoms with van der Waals surface area (Å²) in [5.74, 6) is -0.0496. The molecule has 0 radical (unpaired) electrons. The molecule has 27 heavy (non-hydrogen) atoms. The van der Waals surface area contributed by atoms with Gasteiger partial charge in [0, 0.05) is 12.1 Å². The number of sulfonamides is 1. The molecule has 1 aliphatic heterocycles. The summed E-state index contributed by atoms with van der Waals surface area (Å²) in [6, 6.07) is 12.9. The molecule has 1 saturated heterocycles. The number of anilines is 1. The number of rotatable bonds is 4. The second-order valence-electron chi connectivity index (χ2n) is 7.20. The minimum atomic E-state index is -3.29. The Morgan fingerprint density at radius 1 is 1.11 bits per heavy atom. The van der Waals surface area contributed by atoms with Crippen molar-refractivity contribution in [2.45, 2.75) is 39.7 Å². The van der Waals surface area contributed by atoms with Crippen LogP contribution in [0.25, 0.3) is 0 Å². The molecule has 0 spiro atoms. The van der Waals surface area contributed by atoms with Crippen LogP contribution in [0.15, 0.2) is 42.5 Å². The number of nitrogens with zero attached hydrogens (tertiary/aromatic N) is 1. The Bertz CT molecular complexity index is 954. The fourth-order valence-corrected chi connectivity index (χ4v) is 5.18. The van der Waals surface area contributed by atoms with E-state index in [9.17, 15) is 13.2 Å². The maximum Gasteiger partial charge on any atom is 0.251 e. The average molecular weight is 387 g/mol. The van der Waals surface area contributed by atoms with Gasteiger partial charge in [0.25, 0.3) is 5.91 Å². The van der Waals surface area contributed by atoms with E-state index in [-0.39, 0.29) is 17.7 Å². The van der Waals surface area contributed by atoms with Crippen LogP contribution in [0.5, 0.6) is 0 Å². The molecule has 0 aromatic heterocycles. The molecule has 2 aromatic carbocycles. The van der Waals surface area contributed by atoms with Crippen LogP contribution in [0.1, 0.15) is 52.9 Å². The molecule has 0 aliphatic carbocycles. The van der Waals surface area contributed by atoms with Crippen LogP contribution in [-0.2, 0) is 10.0 Å². The smallest absolute Gasteiger partial charge is 0.251 e. The minimum absolute atomic E-state index is 0.138. The van der Waals surface area contributed by atoms with Gasteiger partial charge in [-0.3, -0.25) is 9.10 Å². The summed E-state index contributed by atoms with van der Waals surface area (Å²) in [5, 5.41) is 3.02. The standard InChI is InChI=1S/C21H26N2O3S/c1-15-9-10-20(16(2)13-15)17(3)22-21(24)18-7-6-8-19(14-18)23-11-4-5-12-27(23,25)26/h6-10,13-14,17H,4-5,11-12H2,1-3H3,(H,22,24)/t17-/m1/s1. The predicted molar refractivity (Wildman–Crippen MR) is 109 cm³/mol. The average Bonchev–Trinajstić information content (AvgIpc) is 2.61. The van der Waals surface area contributed by atoms with Gasteiger partial charge in [0.05, 0.1) is 17.5 Å². The summed E-state index contributed by atoms with van der Waals surface area (Å²) < 4.78 is 26.1. The zero-order valence-corrected chi connectivity index (χ0v) is 16.8. The number of hydrogen-bond acceptors (Lipinski definition) is 3. The van der Waals surface area contributed by atoms with Crippen molar-refractivity contribution in [3.63, 3.8) is 0 Å². The van der Waals surface area contributed by atoms with E-state index in [1.807, 2.05) is 32.9 Å². The first-order valence-corrected chi connectivity index (χ1v) is 10.9. The van der Waals surface area contributed by atoms with Crippen LogP contribution < -0.4 is 9.62 Å². The lowest BCUT2D eigenvalue weighted by molar-refractivity contribution is 0.0940. The van der Waals surface area contributed by atoms with E-state index < -0.39 is 10.0 Å². The maximum atomic E-state index is 12.7. The quantitative estimate of drug-likeness (QED) is 0.871. The molecule has 5 nitrogen and oxygen atoms in total. The van der Waals surface area contributed by atoms with E-state index >= 15 is 0 Å². The number of aryl methyl sites for hydroxylation is 2. The van der Waals surface area contributed by atoms with Crippen LogP contribution in [0, 0.1) is 13.8 Å². The Morgan fingerprint density at radius 3 is 2.59 bits per heavy atom. The monoisotopic (exact) mass is 386 g/mol. The largest absolute Gasteiger partial charge is 0.346 e. The van der Waals surface area contributed by atoms with Gasteiger partial charge in [-0.05, 0) is 62.9 Å². The molecule has 1 N–H and O–H groups in total. The van der Waals surface area contributed by atoms with Crippen molar-refractivity contribution in [3.05, 3.63) is 64.7 Å². The van der Waals surface area contributed by atoms with Crippen molar-refractivity contribution in [3.8, 4) is 0 Å². The van der Waals surface area contributed by atoms with Gasteiger partial charge in [-0.1, -0.05) is 29.8 Å². The van der Waals surface area contributed by atoms with Gasteiger partial charge in [-0.15, -0.1) is 0 Å². The zero-order chi connectivity index (χ0) is 19.6. The third kappa shape index (κ3) is 4.33. The van der Waals surface area contributed by atoms with Crippen LogP contribution in [0.4, 0.5) is 5.69 Å². The summed E-state index contributed by atoms with van der Waals surface area (Å²) in [6.45, 7) is 6.49. The highest BCUT2D eigenvalue weighted by molar-refractivity contribution is 7.92. The molecule has 3 rings (SSSR count). The second-order valence-corrected chi connectivity index (χ2v) is 9.21. The fourth-order valence-electron chi connectivity index (χ4n) is 3.55. The van der Waals surface area contributed by atoms with E-state index in [1.54, 1.807) is 24.3 Å². The molecule has 0 bridgehead atoms. The Kier molecular flexibility index (Phi) is 5.56. The summed E-state index contributed by atoms with van der Waals surface area (Å²) in [4.78, 5) is 12.7. The molecule has 6 heteroatoms. The number of benzene rings is 2. The third-order valence-electron chi connectivity index (χ3n) is 4.99. The molecule has 1 heterocycles. The molecular formula is C21H26N2O3S. The zero-order valence-electron chi connectivity index (χ0n) is 16.0. The first kappa shape index (κ1) is 19.4. The number of hydrogen-bond donors (Lipinski definition) is 1. The first-order valence-electron chi connectivity index (χ1n) is 9.26. The van der Waals surface area contributed by atoms with Gasteiger partial charge in [-0.2, -0.15) is 0 Å². The number of nitrogens with one attached hydrogen (secondary N) is 1. The molecule has 1 amide bonds. The first-order chi connectivity index (χ1) is 12.8. The van der Waals surface area contributed by atoms with Crippen molar-refractivity contribution in [2.75, 3.05) is 16.6 Å². The number of carbonyl (C=O) groups excluding carboxylic acids is 1. The summed E-state index contributed by atoms with van der Waals surface area (Å²) >= 11 is 0. The van der Waals surface area contributed by atoms with Crippen molar-refractivity contribution >= 4 is 21.6 Å².